The first-order valence-electron chi connectivity index (χ1n) is 4.68. The number of nitrogens with one attached hydrogen (secondary N) is 1. The van der Waals surface area contributed by atoms with Gasteiger partial charge in [-0.1, -0.05) is 11.6 Å². The Labute approximate surface area is 88.1 Å². The molecule has 74 valence electrons. The van der Waals surface area contributed by atoms with Gasteiger partial charge in [-0.25, -0.2) is 0 Å². The molecule has 0 bridgehead atoms. The molecule has 0 radical (unpaired) electrons. The molecule has 14 heavy (non-hydrogen) atoms. The molecule has 0 atom stereocenters. The molecule has 2 nitrogen and oxygen atoms in total. The fraction of sp³-hybridized carbons (Fsp3) is 0.273. The normalized spacial score (nSPS) is 11.1. The fourth-order valence-electron chi connectivity index (χ4n) is 1.74. The summed E-state index contributed by atoms with van der Waals surface area (Å²) in [7, 11) is 0. The Kier molecular flexibility index (Phi) is 2.48. The summed E-state index contributed by atoms with van der Waals surface area (Å²) in [4.78, 5) is 3.18. The van der Waals surface area contributed by atoms with Gasteiger partial charge in [-0.3, -0.25) is 0 Å². The van der Waals surface area contributed by atoms with Crippen LogP contribution in [0.1, 0.15) is 11.1 Å². The van der Waals surface area contributed by atoms with Crippen LogP contribution >= 0.6 is 11.6 Å². The summed E-state index contributed by atoms with van der Waals surface area (Å²) in [5.74, 6) is 0. The summed E-state index contributed by atoms with van der Waals surface area (Å²) in [5.41, 5.74) is 8.98. The van der Waals surface area contributed by atoms with Crippen molar-refractivity contribution in [1.82, 2.24) is 4.98 Å². The van der Waals surface area contributed by atoms with Crippen LogP contribution in [0.25, 0.3) is 10.9 Å². The number of aromatic amines is 1. The number of nitrogens with two attached hydrogens (primary N) is 1. The predicted octanol–water partition coefficient (Wildman–Crippen LogP) is 2.63. The molecule has 3 N–H and O–H groups in total. The third-order valence-electron chi connectivity index (χ3n) is 2.38. The third-order valence-corrected chi connectivity index (χ3v) is 2.68. The van der Waals surface area contributed by atoms with E-state index in [1.165, 1.54) is 16.5 Å². The van der Waals surface area contributed by atoms with Crippen LogP contribution in [0.3, 0.4) is 0 Å². The lowest BCUT2D eigenvalue weighted by Gasteiger charge is -1.99. The third kappa shape index (κ3) is 1.51. The highest BCUT2D eigenvalue weighted by Gasteiger charge is 2.06. The molecule has 1 aromatic carbocycles. The van der Waals surface area contributed by atoms with Gasteiger partial charge < -0.3 is 10.7 Å². The minimum atomic E-state index is 0.665. The Morgan fingerprint density at radius 2 is 2.21 bits per heavy atom. The van der Waals surface area contributed by atoms with Gasteiger partial charge in [0.15, 0.2) is 0 Å². The van der Waals surface area contributed by atoms with Crippen molar-refractivity contribution >= 4 is 22.5 Å². The maximum atomic E-state index is 6.11. The van der Waals surface area contributed by atoms with Crippen LogP contribution in [0.15, 0.2) is 18.3 Å². The van der Waals surface area contributed by atoms with Crippen LogP contribution in [0, 0.1) is 6.92 Å². The van der Waals surface area contributed by atoms with Crippen LogP contribution in [0.5, 0.6) is 0 Å². The van der Waals surface area contributed by atoms with Crippen molar-refractivity contribution in [1.29, 1.82) is 0 Å². The quantitative estimate of drug-likeness (QED) is 0.783. The van der Waals surface area contributed by atoms with Crippen LogP contribution in [0.4, 0.5) is 0 Å². The first-order chi connectivity index (χ1) is 6.72. The van der Waals surface area contributed by atoms with E-state index in [2.05, 4.69) is 11.1 Å². The molecule has 3 heteroatoms. The number of aryl methyl sites for hydroxylation is 1. The summed E-state index contributed by atoms with van der Waals surface area (Å²) >= 11 is 6.11. The van der Waals surface area contributed by atoms with Gasteiger partial charge in [0, 0.05) is 11.6 Å². The van der Waals surface area contributed by atoms with E-state index >= 15 is 0 Å². The second-order valence-corrected chi connectivity index (χ2v) is 3.93. The highest BCUT2D eigenvalue weighted by molar-refractivity contribution is 6.35. The van der Waals surface area contributed by atoms with Crippen LogP contribution in [-0.2, 0) is 6.42 Å². The zero-order valence-electron chi connectivity index (χ0n) is 8.10. The predicted molar refractivity (Wildman–Crippen MR) is 60.8 cm³/mol. The number of halogens is 1. The lowest BCUT2D eigenvalue weighted by Crippen LogP contribution is -2.01. The van der Waals surface area contributed by atoms with Gasteiger partial charge in [-0.05, 0) is 43.1 Å². The van der Waals surface area contributed by atoms with E-state index in [0.29, 0.717) is 6.54 Å². The van der Waals surface area contributed by atoms with Crippen molar-refractivity contribution in [2.75, 3.05) is 6.54 Å². The molecule has 0 unspecified atom stereocenters. The van der Waals surface area contributed by atoms with Gasteiger partial charge in [-0.15, -0.1) is 0 Å². The monoisotopic (exact) mass is 208 g/mol. The van der Waals surface area contributed by atoms with E-state index in [1.807, 2.05) is 19.2 Å². The molecule has 0 saturated heterocycles. The highest BCUT2D eigenvalue weighted by Crippen LogP contribution is 2.27. The summed E-state index contributed by atoms with van der Waals surface area (Å²) in [5, 5.41) is 1.98. The smallest absolute Gasteiger partial charge is 0.0649 e. The van der Waals surface area contributed by atoms with E-state index in [4.69, 9.17) is 17.3 Å². The van der Waals surface area contributed by atoms with Crippen LogP contribution < -0.4 is 5.73 Å². The van der Waals surface area contributed by atoms with Gasteiger partial charge in [0.2, 0.25) is 0 Å². The standard InChI is InChI=1S/C11H13ClN2/c1-7-4-9-8(2-3-13)6-14-11(9)10(12)5-7/h4-6,14H,2-3,13H2,1H3. The van der Waals surface area contributed by atoms with Crippen molar-refractivity contribution in [2.45, 2.75) is 13.3 Å². The largest absolute Gasteiger partial charge is 0.360 e. The molecule has 2 rings (SSSR count). The Morgan fingerprint density at radius 3 is 2.93 bits per heavy atom. The van der Waals surface area contributed by atoms with Crippen molar-refractivity contribution in [3.05, 3.63) is 34.5 Å². The second kappa shape index (κ2) is 3.64. The van der Waals surface area contributed by atoms with Crippen molar-refractivity contribution < 1.29 is 0 Å². The van der Waals surface area contributed by atoms with E-state index in [0.717, 1.165) is 17.0 Å². The molecule has 0 amide bonds. The number of aromatic nitrogens is 1. The topological polar surface area (TPSA) is 41.8 Å². The molecular formula is C11H13ClN2. The summed E-state index contributed by atoms with van der Waals surface area (Å²) in [6.45, 7) is 2.71. The number of H-pyrrole nitrogens is 1. The maximum absolute atomic E-state index is 6.11. The summed E-state index contributed by atoms with van der Waals surface area (Å²) in [6.07, 6.45) is 2.88. The number of hydrogen-bond acceptors (Lipinski definition) is 1. The average Bonchev–Trinajstić information content (AvgIpc) is 2.49. The van der Waals surface area contributed by atoms with Crippen LogP contribution in [-0.4, -0.2) is 11.5 Å². The number of rotatable bonds is 2. The fourth-order valence-corrected chi connectivity index (χ4v) is 2.07. The molecule has 0 aliphatic carbocycles. The first-order valence-corrected chi connectivity index (χ1v) is 5.06. The molecule has 2 aromatic rings. The van der Waals surface area contributed by atoms with Crippen LogP contribution in [0.2, 0.25) is 5.02 Å². The molecular weight excluding hydrogens is 196 g/mol. The summed E-state index contributed by atoms with van der Waals surface area (Å²) in [6, 6.07) is 4.11. The number of hydrogen-bond donors (Lipinski definition) is 2. The Morgan fingerprint density at radius 1 is 1.43 bits per heavy atom. The van der Waals surface area contributed by atoms with Crippen molar-refractivity contribution in [3.8, 4) is 0 Å². The molecule has 0 saturated carbocycles. The van der Waals surface area contributed by atoms with Crippen molar-refractivity contribution in [2.24, 2.45) is 5.73 Å². The minimum absolute atomic E-state index is 0.665. The average molecular weight is 209 g/mol. The number of fused-ring (bicyclic) bond motifs is 1. The summed E-state index contributed by atoms with van der Waals surface area (Å²) < 4.78 is 0. The Bertz CT molecular complexity index is 460. The van der Waals surface area contributed by atoms with E-state index < -0.39 is 0 Å². The van der Waals surface area contributed by atoms with Gasteiger partial charge in [0.1, 0.15) is 0 Å². The minimum Gasteiger partial charge on any atom is -0.360 e. The van der Waals surface area contributed by atoms with E-state index in [1.54, 1.807) is 0 Å². The van der Waals surface area contributed by atoms with E-state index in [-0.39, 0.29) is 0 Å². The molecule has 1 aromatic heterocycles. The maximum Gasteiger partial charge on any atom is 0.0649 e. The molecule has 0 spiro atoms. The van der Waals surface area contributed by atoms with Gasteiger partial charge in [0.05, 0.1) is 10.5 Å². The lowest BCUT2D eigenvalue weighted by atomic mass is 10.1. The van der Waals surface area contributed by atoms with Gasteiger partial charge in [-0.2, -0.15) is 0 Å². The lowest BCUT2D eigenvalue weighted by molar-refractivity contribution is 0.976. The SMILES string of the molecule is Cc1cc(Cl)c2[nH]cc(CCN)c2c1. The zero-order chi connectivity index (χ0) is 10.1. The molecule has 0 aliphatic rings. The second-order valence-electron chi connectivity index (χ2n) is 3.52. The van der Waals surface area contributed by atoms with Gasteiger partial charge in [0.25, 0.3) is 0 Å². The van der Waals surface area contributed by atoms with Gasteiger partial charge >= 0.3 is 0 Å². The highest BCUT2D eigenvalue weighted by atomic mass is 35.5. The zero-order valence-corrected chi connectivity index (χ0v) is 8.86. The molecule has 0 aliphatic heterocycles. The molecule has 0 fully saturated rings. The van der Waals surface area contributed by atoms with E-state index in [9.17, 15) is 0 Å². The van der Waals surface area contributed by atoms with Crippen molar-refractivity contribution in [3.63, 3.8) is 0 Å². The Hall–Kier alpha value is -0.990. The number of benzene rings is 1. The Balaban J connectivity index is 2.66. The molecule has 1 heterocycles. The first kappa shape index (κ1) is 9.56.